The first-order chi connectivity index (χ1) is 8.49. The highest BCUT2D eigenvalue weighted by atomic mass is 16.5. The molecule has 0 spiro atoms. The van der Waals surface area contributed by atoms with E-state index < -0.39 is 0 Å². The van der Waals surface area contributed by atoms with E-state index in [1.54, 1.807) is 12.1 Å². The second-order valence-electron chi connectivity index (χ2n) is 5.12. The van der Waals surface area contributed by atoms with E-state index in [2.05, 4.69) is 32.7 Å². The van der Waals surface area contributed by atoms with Gasteiger partial charge in [-0.15, -0.1) is 0 Å². The fraction of sp³-hybridized carbons (Fsp3) is 0.600. The van der Waals surface area contributed by atoms with E-state index >= 15 is 0 Å². The molecule has 1 aromatic rings. The molecule has 1 atom stereocenters. The van der Waals surface area contributed by atoms with Gasteiger partial charge in [0.2, 0.25) is 0 Å². The SMILES string of the molecule is CC(C)OCCN(C)C(C)Cc1ccc(O)cc1. The lowest BCUT2D eigenvalue weighted by Gasteiger charge is -2.25. The summed E-state index contributed by atoms with van der Waals surface area (Å²) in [5, 5.41) is 9.24. The Morgan fingerprint density at radius 2 is 1.78 bits per heavy atom. The zero-order valence-electron chi connectivity index (χ0n) is 11.9. The minimum atomic E-state index is 0.297. The predicted molar refractivity (Wildman–Crippen MR) is 75.0 cm³/mol. The van der Waals surface area contributed by atoms with Gasteiger partial charge in [-0.3, -0.25) is 0 Å². The molecule has 0 saturated heterocycles. The topological polar surface area (TPSA) is 32.7 Å². The molecule has 1 aromatic carbocycles. The van der Waals surface area contributed by atoms with E-state index in [4.69, 9.17) is 4.74 Å². The molecule has 0 radical (unpaired) electrons. The van der Waals surface area contributed by atoms with E-state index in [1.807, 2.05) is 12.1 Å². The van der Waals surface area contributed by atoms with Crippen molar-refractivity contribution in [3.8, 4) is 5.75 Å². The summed E-state index contributed by atoms with van der Waals surface area (Å²) in [6.45, 7) is 8.04. The third-order valence-corrected chi connectivity index (χ3v) is 3.12. The van der Waals surface area contributed by atoms with Crippen LogP contribution >= 0.6 is 0 Å². The molecule has 0 aliphatic carbocycles. The van der Waals surface area contributed by atoms with Crippen LogP contribution in [0, 0.1) is 0 Å². The number of phenols is 1. The van der Waals surface area contributed by atoms with Gasteiger partial charge in [-0.2, -0.15) is 0 Å². The molecule has 0 aliphatic heterocycles. The Morgan fingerprint density at radius 3 is 2.33 bits per heavy atom. The van der Waals surface area contributed by atoms with Crippen molar-refractivity contribution < 1.29 is 9.84 Å². The summed E-state index contributed by atoms with van der Waals surface area (Å²) >= 11 is 0. The quantitative estimate of drug-likeness (QED) is 0.808. The zero-order chi connectivity index (χ0) is 13.5. The molecule has 1 unspecified atom stereocenters. The van der Waals surface area contributed by atoms with E-state index in [1.165, 1.54) is 5.56 Å². The number of ether oxygens (including phenoxy) is 1. The minimum Gasteiger partial charge on any atom is -0.508 e. The number of phenolic OH excluding ortho intramolecular Hbond substituents is 1. The van der Waals surface area contributed by atoms with Crippen LogP contribution in [0.25, 0.3) is 0 Å². The van der Waals surface area contributed by atoms with Gasteiger partial charge in [-0.1, -0.05) is 12.1 Å². The van der Waals surface area contributed by atoms with Crippen molar-refractivity contribution in [3.63, 3.8) is 0 Å². The first-order valence-corrected chi connectivity index (χ1v) is 6.58. The van der Waals surface area contributed by atoms with Crippen LogP contribution in [-0.4, -0.2) is 42.4 Å². The summed E-state index contributed by atoms with van der Waals surface area (Å²) in [5.41, 5.74) is 1.25. The predicted octanol–water partition coefficient (Wildman–Crippen LogP) is 2.68. The van der Waals surface area contributed by atoms with Crippen LogP contribution in [-0.2, 0) is 11.2 Å². The van der Waals surface area contributed by atoms with Crippen LogP contribution in [0.15, 0.2) is 24.3 Å². The van der Waals surface area contributed by atoms with Gasteiger partial charge in [-0.25, -0.2) is 0 Å². The Morgan fingerprint density at radius 1 is 1.17 bits per heavy atom. The minimum absolute atomic E-state index is 0.297. The highest BCUT2D eigenvalue weighted by Gasteiger charge is 2.10. The van der Waals surface area contributed by atoms with Crippen molar-refractivity contribution in [3.05, 3.63) is 29.8 Å². The van der Waals surface area contributed by atoms with Gasteiger partial charge < -0.3 is 14.7 Å². The molecule has 0 amide bonds. The van der Waals surface area contributed by atoms with E-state index in [-0.39, 0.29) is 0 Å². The Labute approximate surface area is 110 Å². The summed E-state index contributed by atoms with van der Waals surface area (Å²) < 4.78 is 5.55. The fourth-order valence-electron chi connectivity index (χ4n) is 1.78. The molecular weight excluding hydrogens is 226 g/mol. The van der Waals surface area contributed by atoms with Crippen molar-refractivity contribution in [2.75, 3.05) is 20.2 Å². The number of hydrogen-bond acceptors (Lipinski definition) is 3. The van der Waals surface area contributed by atoms with Gasteiger partial charge in [-0.05, 0) is 51.9 Å². The van der Waals surface area contributed by atoms with Gasteiger partial charge >= 0.3 is 0 Å². The van der Waals surface area contributed by atoms with Gasteiger partial charge in [0.15, 0.2) is 0 Å². The second kappa shape index (κ2) is 7.39. The van der Waals surface area contributed by atoms with Gasteiger partial charge in [0, 0.05) is 12.6 Å². The Balaban J connectivity index is 2.35. The van der Waals surface area contributed by atoms with Crippen LogP contribution in [0.3, 0.4) is 0 Å². The van der Waals surface area contributed by atoms with Crippen molar-refractivity contribution in [2.24, 2.45) is 0 Å². The van der Waals surface area contributed by atoms with E-state index in [0.29, 0.717) is 17.9 Å². The monoisotopic (exact) mass is 251 g/mol. The summed E-state index contributed by atoms with van der Waals surface area (Å²) in [6.07, 6.45) is 1.28. The molecule has 0 fully saturated rings. The highest BCUT2D eigenvalue weighted by molar-refractivity contribution is 5.26. The van der Waals surface area contributed by atoms with Crippen molar-refractivity contribution >= 4 is 0 Å². The molecule has 0 bridgehead atoms. The van der Waals surface area contributed by atoms with Gasteiger partial charge in [0.05, 0.1) is 12.7 Å². The van der Waals surface area contributed by atoms with Gasteiger partial charge in [0.1, 0.15) is 5.75 Å². The molecule has 18 heavy (non-hydrogen) atoms. The van der Waals surface area contributed by atoms with Crippen LogP contribution < -0.4 is 0 Å². The summed E-state index contributed by atoms with van der Waals surface area (Å²) in [6, 6.07) is 7.90. The maximum Gasteiger partial charge on any atom is 0.115 e. The molecule has 3 nitrogen and oxygen atoms in total. The number of benzene rings is 1. The fourth-order valence-corrected chi connectivity index (χ4v) is 1.78. The second-order valence-corrected chi connectivity index (χ2v) is 5.12. The van der Waals surface area contributed by atoms with Crippen LogP contribution in [0.5, 0.6) is 5.75 Å². The summed E-state index contributed by atoms with van der Waals surface area (Å²) in [5.74, 6) is 0.324. The average molecular weight is 251 g/mol. The Kier molecular flexibility index (Phi) is 6.16. The van der Waals surface area contributed by atoms with Crippen molar-refractivity contribution in [1.82, 2.24) is 4.90 Å². The first-order valence-electron chi connectivity index (χ1n) is 6.58. The third kappa shape index (κ3) is 5.52. The molecule has 1 N–H and O–H groups in total. The molecule has 0 aromatic heterocycles. The highest BCUT2D eigenvalue weighted by Crippen LogP contribution is 2.12. The summed E-state index contributed by atoms with van der Waals surface area (Å²) in [7, 11) is 2.12. The standard InChI is InChI=1S/C15H25NO2/c1-12(2)18-10-9-16(4)13(3)11-14-5-7-15(17)8-6-14/h5-8,12-13,17H,9-11H2,1-4H3. The molecule has 102 valence electrons. The zero-order valence-corrected chi connectivity index (χ0v) is 11.9. The lowest BCUT2D eigenvalue weighted by molar-refractivity contribution is 0.0573. The maximum absolute atomic E-state index is 9.24. The number of nitrogens with zero attached hydrogens (tertiary/aromatic N) is 1. The molecule has 1 rings (SSSR count). The van der Waals surface area contributed by atoms with Crippen LogP contribution in [0.1, 0.15) is 26.3 Å². The molecule has 3 heteroatoms. The maximum atomic E-state index is 9.24. The number of rotatable bonds is 7. The summed E-state index contributed by atoms with van der Waals surface area (Å²) in [4.78, 5) is 2.30. The molecular formula is C15H25NO2. The number of likely N-dealkylation sites (N-methyl/N-ethyl adjacent to an activating group) is 1. The lowest BCUT2D eigenvalue weighted by Crippen LogP contribution is -2.34. The Bertz CT molecular complexity index is 335. The van der Waals surface area contributed by atoms with E-state index in [9.17, 15) is 5.11 Å². The van der Waals surface area contributed by atoms with Crippen molar-refractivity contribution in [1.29, 1.82) is 0 Å². The lowest BCUT2D eigenvalue weighted by atomic mass is 10.1. The van der Waals surface area contributed by atoms with E-state index in [0.717, 1.165) is 19.6 Å². The molecule has 0 saturated carbocycles. The largest absolute Gasteiger partial charge is 0.508 e. The number of hydrogen-bond donors (Lipinski definition) is 1. The molecule has 0 heterocycles. The van der Waals surface area contributed by atoms with Crippen molar-refractivity contribution in [2.45, 2.75) is 39.3 Å². The smallest absolute Gasteiger partial charge is 0.115 e. The third-order valence-electron chi connectivity index (χ3n) is 3.12. The normalized spacial score (nSPS) is 13.2. The van der Waals surface area contributed by atoms with Crippen LogP contribution in [0.2, 0.25) is 0 Å². The van der Waals surface area contributed by atoms with Gasteiger partial charge in [0.25, 0.3) is 0 Å². The average Bonchev–Trinajstić information content (AvgIpc) is 2.31. The number of aromatic hydroxyl groups is 1. The first kappa shape index (κ1) is 15.0. The molecule has 0 aliphatic rings. The van der Waals surface area contributed by atoms with Crippen LogP contribution in [0.4, 0.5) is 0 Å². The Hall–Kier alpha value is -1.06.